The van der Waals surface area contributed by atoms with E-state index in [1.807, 2.05) is 36.4 Å². The fraction of sp³-hybridized carbons (Fsp3) is 0.333. The Morgan fingerprint density at radius 1 is 1.04 bits per heavy atom. The third-order valence-corrected chi connectivity index (χ3v) is 3.44. The lowest BCUT2D eigenvalue weighted by Gasteiger charge is -2.18. The summed E-state index contributed by atoms with van der Waals surface area (Å²) in [6, 6.07) is 17.7. The van der Waals surface area contributed by atoms with E-state index in [-0.39, 0.29) is 25.1 Å². The van der Waals surface area contributed by atoms with Gasteiger partial charge in [0.25, 0.3) is 0 Å². The summed E-state index contributed by atoms with van der Waals surface area (Å²) in [5.74, 6) is 1.43. The predicted octanol–water partition coefficient (Wildman–Crippen LogP) is 3.21. The van der Waals surface area contributed by atoms with Gasteiger partial charge < -0.3 is 19.9 Å². The van der Waals surface area contributed by atoms with E-state index in [0.717, 1.165) is 5.75 Å². The second kappa shape index (κ2) is 10.1. The maximum absolute atomic E-state index is 10.0. The van der Waals surface area contributed by atoms with Gasteiger partial charge in [-0.2, -0.15) is 0 Å². The maximum atomic E-state index is 10.0. The summed E-state index contributed by atoms with van der Waals surface area (Å²) in [5, 5.41) is 13.3. The van der Waals surface area contributed by atoms with Crippen molar-refractivity contribution < 1.29 is 14.6 Å². The zero-order chi connectivity index (χ0) is 15.8. The van der Waals surface area contributed by atoms with Gasteiger partial charge in [-0.1, -0.05) is 36.4 Å². The molecular weight excluding hydrogens is 314 g/mol. The molecule has 5 heteroatoms. The normalized spacial score (nSPS) is 12.8. The number of hydrogen-bond acceptors (Lipinski definition) is 4. The number of halogens is 1. The van der Waals surface area contributed by atoms with Crippen LogP contribution >= 0.6 is 12.4 Å². The van der Waals surface area contributed by atoms with Crippen molar-refractivity contribution in [2.45, 2.75) is 19.1 Å². The Kier molecular flexibility index (Phi) is 8.48. The van der Waals surface area contributed by atoms with Crippen LogP contribution in [0.4, 0.5) is 0 Å². The molecule has 2 atom stereocenters. The van der Waals surface area contributed by atoms with Crippen molar-refractivity contribution in [3.05, 3.63) is 60.2 Å². The van der Waals surface area contributed by atoms with Crippen LogP contribution < -0.4 is 14.8 Å². The SMILES string of the molecule is COc1cccc(OCC(O)CNC(C)c2ccccc2)c1.Cl. The van der Waals surface area contributed by atoms with Crippen molar-refractivity contribution >= 4 is 12.4 Å². The summed E-state index contributed by atoms with van der Waals surface area (Å²) in [5.41, 5.74) is 1.20. The Morgan fingerprint density at radius 3 is 2.43 bits per heavy atom. The second-order valence-corrected chi connectivity index (χ2v) is 5.18. The van der Waals surface area contributed by atoms with E-state index in [1.54, 1.807) is 13.2 Å². The molecular formula is C18H24ClNO3. The average Bonchev–Trinajstić information content (AvgIpc) is 2.58. The molecule has 0 saturated heterocycles. The first-order valence-electron chi connectivity index (χ1n) is 7.42. The standard InChI is InChI=1S/C18H23NO3.ClH/c1-14(15-7-4-3-5-8-15)19-12-16(20)13-22-18-10-6-9-17(11-18)21-2;/h3-11,14,16,19-20H,12-13H2,1-2H3;1H. The van der Waals surface area contributed by atoms with Gasteiger partial charge in [-0.05, 0) is 24.6 Å². The number of methoxy groups -OCH3 is 1. The van der Waals surface area contributed by atoms with Crippen molar-refractivity contribution in [2.75, 3.05) is 20.3 Å². The van der Waals surface area contributed by atoms with Gasteiger partial charge in [0.05, 0.1) is 7.11 Å². The molecule has 0 spiro atoms. The number of nitrogens with one attached hydrogen (secondary N) is 1. The van der Waals surface area contributed by atoms with Gasteiger partial charge in [-0.25, -0.2) is 0 Å². The minimum atomic E-state index is -0.572. The lowest BCUT2D eigenvalue weighted by molar-refractivity contribution is 0.104. The third-order valence-electron chi connectivity index (χ3n) is 3.44. The summed E-state index contributed by atoms with van der Waals surface area (Å²) in [6.07, 6.45) is -0.572. The van der Waals surface area contributed by atoms with E-state index in [9.17, 15) is 5.11 Å². The van der Waals surface area contributed by atoms with Gasteiger partial charge >= 0.3 is 0 Å². The second-order valence-electron chi connectivity index (χ2n) is 5.18. The minimum Gasteiger partial charge on any atom is -0.497 e. The van der Waals surface area contributed by atoms with E-state index in [4.69, 9.17) is 9.47 Å². The van der Waals surface area contributed by atoms with Crippen LogP contribution in [0.2, 0.25) is 0 Å². The number of rotatable bonds is 8. The molecule has 2 rings (SSSR count). The van der Waals surface area contributed by atoms with Gasteiger partial charge in [0.15, 0.2) is 0 Å². The molecule has 0 bridgehead atoms. The molecule has 4 nitrogen and oxygen atoms in total. The van der Waals surface area contributed by atoms with Crippen molar-refractivity contribution in [2.24, 2.45) is 0 Å². The molecule has 2 unspecified atom stereocenters. The van der Waals surface area contributed by atoms with E-state index in [1.165, 1.54) is 5.56 Å². The molecule has 0 saturated carbocycles. The fourth-order valence-corrected chi connectivity index (χ4v) is 2.11. The highest BCUT2D eigenvalue weighted by Crippen LogP contribution is 2.19. The Morgan fingerprint density at radius 2 is 1.74 bits per heavy atom. The minimum absolute atomic E-state index is 0. The summed E-state index contributed by atoms with van der Waals surface area (Å²) in [4.78, 5) is 0. The van der Waals surface area contributed by atoms with Crippen LogP contribution in [-0.4, -0.2) is 31.5 Å². The molecule has 2 aromatic rings. The third kappa shape index (κ3) is 6.48. The van der Waals surface area contributed by atoms with Crippen LogP contribution in [0.5, 0.6) is 11.5 Å². The van der Waals surface area contributed by atoms with Crippen molar-refractivity contribution in [3.8, 4) is 11.5 Å². The zero-order valence-electron chi connectivity index (χ0n) is 13.4. The van der Waals surface area contributed by atoms with E-state index in [2.05, 4.69) is 24.4 Å². The van der Waals surface area contributed by atoms with Gasteiger partial charge in [-0.15, -0.1) is 12.4 Å². The van der Waals surface area contributed by atoms with E-state index >= 15 is 0 Å². The van der Waals surface area contributed by atoms with Crippen LogP contribution in [0, 0.1) is 0 Å². The summed E-state index contributed by atoms with van der Waals surface area (Å²) in [6.45, 7) is 2.78. The molecule has 0 aliphatic heterocycles. The molecule has 126 valence electrons. The number of aliphatic hydroxyl groups is 1. The van der Waals surface area contributed by atoms with E-state index in [0.29, 0.717) is 12.3 Å². The van der Waals surface area contributed by atoms with Crippen molar-refractivity contribution in [1.29, 1.82) is 0 Å². The quantitative estimate of drug-likeness (QED) is 0.776. The Balaban J connectivity index is 0.00000264. The molecule has 0 aromatic heterocycles. The van der Waals surface area contributed by atoms with E-state index < -0.39 is 6.10 Å². The molecule has 0 amide bonds. The highest BCUT2D eigenvalue weighted by molar-refractivity contribution is 5.85. The monoisotopic (exact) mass is 337 g/mol. The average molecular weight is 338 g/mol. The first-order chi connectivity index (χ1) is 10.7. The smallest absolute Gasteiger partial charge is 0.123 e. The van der Waals surface area contributed by atoms with Crippen LogP contribution in [0.3, 0.4) is 0 Å². The Labute approximate surface area is 143 Å². The number of ether oxygens (including phenoxy) is 2. The number of aliphatic hydroxyl groups excluding tert-OH is 1. The lowest BCUT2D eigenvalue weighted by Crippen LogP contribution is -2.33. The topological polar surface area (TPSA) is 50.7 Å². The van der Waals surface area contributed by atoms with Crippen molar-refractivity contribution in [3.63, 3.8) is 0 Å². The summed E-state index contributed by atoms with van der Waals surface area (Å²) < 4.78 is 10.7. The molecule has 0 aliphatic carbocycles. The maximum Gasteiger partial charge on any atom is 0.123 e. The van der Waals surface area contributed by atoms with Crippen molar-refractivity contribution in [1.82, 2.24) is 5.32 Å². The molecule has 2 aromatic carbocycles. The lowest BCUT2D eigenvalue weighted by atomic mass is 10.1. The Hall–Kier alpha value is -1.75. The predicted molar refractivity (Wildman–Crippen MR) is 94.6 cm³/mol. The number of benzene rings is 2. The molecule has 0 radical (unpaired) electrons. The molecule has 2 N–H and O–H groups in total. The molecule has 0 aliphatic rings. The van der Waals surface area contributed by atoms with Crippen LogP contribution in [0.15, 0.2) is 54.6 Å². The highest BCUT2D eigenvalue weighted by atomic mass is 35.5. The largest absolute Gasteiger partial charge is 0.497 e. The zero-order valence-corrected chi connectivity index (χ0v) is 14.3. The fourth-order valence-electron chi connectivity index (χ4n) is 2.11. The van der Waals surface area contributed by atoms with Crippen LogP contribution in [0.1, 0.15) is 18.5 Å². The van der Waals surface area contributed by atoms with Gasteiger partial charge in [0.2, 0.25) is 0 Å². The first kappa shape index (κ1) is 19.3. The highest BCUT2D eigenvalue weighted by Gasteiger charge is 2.09. The molecule has 23 heavy (non-hydrogen) atoms. The van der Waals surface area contributed by atoms with Crippen LogP contribution in [-0.2, 0) is 0 Å². The molecule has 0 heterocycles. The summed E-state index contributed by atoms with van der Waals surface area (Å²) >= 11 is 0. The van der Waals surface area contributed by atoms with Crippen LogP contribution in [0.25, 0.3) is 0 Å². The van der Waals surface area contributed by atoms with Gasteiger partial charge in [-0.3, -0.25) is 0 Å². The molecule has 0 fully saturated rings. The number of hydrogen-bond donors (Lipinski definition) is 2. The van der Waals surface area contributed by atoms with Gasteiger partial charge in [0, 0.05) is 18.7 Å². The summed E-state index contributed by atoms with van der Waals surface area (Å²) in [7, 11) is 1.61. The first-order valence-corrected chi connectivity index (χ1v) is 7.42. The Bertz CT molecular complexity index is 565. The van der Waals surface area contributed by atoms with Gasteiger partial charge in [0.1, 0.15) is 24.2 Å².